The SMILES string of the molecule is CC/C(=N/N=C(/CC)c1ccc(Cl)cc1)c1ccc(Cl)cc1. The van der Waals surface area contributed by atoms with Crippen molar-refractivity contribution in [3.05, 3.63) is 69.7 Å². The molecule has 0 spiro atoms. The van der Waals surface area contributed by atoms with E-state index in [0.717, 1.165) is 45.4 Å². The van der Waals surface area contributed by atoms with Crippen LogP contribution in [0.5, 0.6) is 0 Å². The molecule has 0 unspecified atom stereocenters. The molecule has 0 aliphatic rings. The van der Waals surface area contributed by atoms with Gasteiger partial charge in [-0.05, 0) is 48.2 Å². The van der Waals surface area contributed by atoms with Gasteiger partial charge < -0.3 is 0 Å². The van der Waals surface area contributed by atoms with Crippen molar-refractivity contribution in [3.8, 4) is 0 Å². The third-order valence-corrected chi connectivity index (χ3v) is 3.82. The van der Waals surface area contributed by atoms with Gasteiger partial charge in [0.1, 0.15) is 0 Å². The average molecular weight is 333 g/mol. The quantitative estimate of drug-likeness (QED) is 0.473. The normalized spacial score (nSPS) is 12.5. The summed E-state index contributed by atoms with van der Waals surface area (Å²) in [6.07, 6.45) is 1.62. The summed E-state index contributed by atoms with van der Waals surface area (Å²) in [7, 11) is 0. The highest BCUT2D eigenvalue weighted by Crippen LogP contribution is 2.14. The van der Waals surface area contributed by atoms with Crippen molar-refractivity contribution in [1.29, 1.82) is 0 Å². The van der Waals surface area contributed by atoms with E-state index < -0.39 is 0 Å². The minimum Gasteiger partial charge on any atom is -0.155 e. The summed E-state index contributed by atoms with van der Waals surface area (Å²) in [5.41, 5.74) is 3.97. The van der Waals surface area contributed by atoms with Crippen LogP contribution in [0.15, 0.2) is 58.7 Å². The highest BCUT2D eigenvalue weighted by Gasteiger charge is 2.04. The van der Waals surface area contributed by atoms with E-state index in [2.05, 4.69) is 24.1 Å². The topological polar surface area (TPSA) is 24.7 Å². The number of hydrogen-bond donors (Lipinski definition) is 0. The van der Waals surface area contributed by atoms with E-state index in [1.165, 1.54) is 0 Å². The Morgan fingerprint density at radius 1 is 0.682 bits per heavy atom. The van der Waals surface area contributed by atoms with Crippen LogP contribution in [0.4, 0.5) is 0 Å². The van der Waals surface area contributed by atoms with Crippen molar-refractivity contribution < 1.29 is 0 Å². The van der Waals surface area contributed by atoms with E-state index in [4.69, 9.17) is 23.2 Å². The van der Waals surface area contributed by atoms with Crippen molar-refractivity contribution in [2.24, 2.45) is 10.2 Å². The second-order valence-corrected chi connectivity index (χ2v) is 5.69. The van der Waals surface area contributed by atoms with Crippen LogP contribution in [0.1, 0.15) is 37.8 Å². The van der Waals surface area contributed by atoms with Crippen molar-refractivity contribution in [2.75, 3.05) is 0 Å². The molecule has 0 saturated carbocycles. The molecule has 0 aromatic heterocycles. The van der Waals surface area contributed by atoms with Crippen LogP contribution in [0, 0.1) is 0 Å². The van der Waals surface area contributed by atoms with Crippen LogP contribution in [-0.4, -0.2) is 11.4 Å². The summed E-state index contributed by atoms with van der Waals surface area (Å²) in [5, 5.41) is 10.3. The Bertz CT molecular complexity index is 610. The van der Waals surface area contributed by atoms with E-state index in [9.17, 15) is 0 Å². The Balaban J connectivity index is 2.31. The number of hydrogen-bond acceptors (Lipinski definition) is 2. The molecule has 114 valence electrons. The molecule has 22 heavy (non-hydrogen) atoms. The molecule has 2 nitrogen and oxygen atoms in total. The van der Waals surface area contributed by atoms with Gasteiger partial charge in [-0.15, -0.1) is 0 Å². The number of rotatable bonds is 5. The first-order valence-corrected chi connectivity index (χ1v) is 8.05. The van der Waals surface area contributed by atoms with E-state index >= 15 is 0 Å². The van der Waals surface area contributed by atoms with Crippen LogP contribution >= 0.6 is 23.2 Å². The third-order valence-electron chi connectivity index (χ3n) is 3.32. The Morgan fingerprint density at radius 3 is 1.27 bits per heavy atom. The second kappa shape index (κ2) is 8.11. The molecule has 0 N–H and O–H groups in total. The zero-order valence-corrected chi connectivity index (χ0v) is 14.2. The zero-order chi connectivity index (χ0) is 15.9. The molecule has 0 aliphatic carbocycles. The van der Waals surface area contributed by atoms with Gasteiger partial charge in [-0.1, -0.05) is 61.3 Å². The Labute approximate surface area is 141 Å². The summed E-state index contributed by atoms with van der Waals surface area (Å²) >= 11 is 11.8. The number of nitrogens with zero attached hydrogens (tertiary/aromatic N) is 2. The molecule has 2 aromatic carbocycles. The third kappa shape index (κ3) is 4.43. The molecule has 0 amide bonds. The first-order valence-electron chi connectivity index (χ1n) is 7.29. The fraction of sp³-hybridized carbons (Fsp3) is 0.222. The molecule has 0 saturated heterocycles. The van der Waals surface area contributed by atoms with E-state index in [0.29, 0.717) is 0 Å². The van der Waals surface area contributed by atoms with Crippen LogP contribution < -0.4 is 0 Å². The van der Waals surface area contributed by atoms with Crippen molar-refractivity contribution in [2.45, 2.75) is 26.7 Å². The Kier molecular flexibility index (Phi) is 6.17. The van der Waals surface area contributed by atoms with Gasteiger partial charge in [0.05, 0.1) is 11.4 Å². The summed E-state index contributed by atoms with van der Waals surface area (Å²) in [5.74, 6) is 0. The predicted octanol–water partition coefficient (Wildman–Crippen LogP) is 6.01. The fourth-order valence-corrected chi connectivity index (χ4v) is 2.32. The molecule has 4 heteroatoms. The molecule has 0 atom stereocenters. The summed E-state index contributed by atoms with van der Waals surface area (Å²) < 4.78 is 0. The molecule has 0 bridgehead atoms. The van der Waals surface area contributed by atoms with Crippen LogP contribution in [0.25, 0.3) is 0 Å². The lowest BCUT2D eigenvalue weighted by molar-refractivity contribution is 1.13. The van der Waals surface area contributed by atoms with Gasteiger partial charge in [0.2, 0.25) is 0 Å². The van der Waals surface area contributed by atoms with Gasteiger partial charge in [-0.25, -0.2) is 0 Å². The molecule has 0 heterocycles. The maximum Gasteiger partial charge on any atom is 0.0700 e. The fourth-order valence-electron chi connectivity index (χ4n) is 2.07. The highest BCUT2D eigenvalue weighted by molar-refractivity contribution is 6.31. The first kappa shape index (κ1) is 16.7. The Hall–Kier alpha value is -1.64. The largest absolute Gasteiger partial charge is 0.155 e. The van der Waals surface area contributed by atoms with Gasteiger partial charge in [-0.2, -0.15) is 10.2 Å². The van der Waals surface area contributed by atoms with Crippen molar-refractivity contribution in [3.63, 3.8) is 0 Å². The summed E-state index contributed by atoms with van der Waals surface area (Å²) in [4.78, 5) is 0. The monoisotopic (exact) mass is 332 g/mol. The maximum atomic E-state index is 5.92. The minimum absolute atomic E-state index is 0.720. The molecule has 2 rings (SSSR count). The summed E-state index contributed by atoms with van der Waals surface area (Å²) in [6.45, 7) is 4.13. The lowest BCUT2D eigenvalue weighted by Crippen LogP contribution is -2.01. The van der Waals surface area contributed by atoms with Crippen molar-refractivity contribution >= 4 is 34.6 Å². The van der Waals surface area contributed by atoms with Gasteiger partial charge >= 0.3 is 0 Å². The molecule has 2 aromatic rings. The standard InChI is InChI=1S/C18H18Cl2N2/c1-3-17(13-5-9-15(19)10-6-13)21-22-18(4-2)14-7-11-16(20)12-8-14/h5-12H,3-4H2,1-2H3/b21-17-,22-18-. The number of halogens is 2. The minimum atomic E-state index is 0.720. The number of benzene rings is 2. The van der Waals surface area contributed by atoms with E-state index in [1.54, 1.807) is 0 Å². The molecular formula is C18H18Cl2N2. The first-order chi connectivity index (χ1) is 10.6. The molecule has 0 radical (unpaired) electrons. The van der Waals surface area contributed by atoms with Gasteiger partial charge in [0, 0.05) is 10.0 Å². The smallest absolute Gasteiger partial charge is 0.0700 e. The average Bonchev–Trinajstić information content (AvgIpc) is 2.54. The highest BCUT2D eigenvalue weighted by atomic mass is 35.5. The van der Waals surface area contributed by atoms with Crippen LogP contribution in [-0.2, 0) is 0 Å². The lowest BCUT2D eigenvalue weighted by atomic mass is 10.1. The van der Waals surface area contributed by atoms with Gasteiger partial charge in [0.25, 0.3) is 0 Å². The van der Waals surface area contributed by atoms with Crippen LogP contribution in [0.3, 0.4) is 0 Å². The summed E-state index contributed by atoms with van der Waals surface area (Å²) in [6, 6.07) is 15.3. The second-order valence-electron chi connectivity index (χ2n) is 4.81. The Morgan fingerprint density at radius 2 is 1.00 bits per heavy atom. The zero-order valence-electron chi connectivity index (χ0n) is 12.7. The van der Waals surface area contributed by atoms with Gasteiger partial charge in [-0.3, -0.25) is 0 Å². The maximum absolute atomic E-state index is 5.92. The predicted molar refractivity (Wildman–Crippen MR) is 96.6 cm³/mol. The molecule has 0 aliphatic heterocycles. The van der Waals surface area contributed by atoms with Crippen LogP contribution in [0.2, 0.25) is 10.0 Å². The molecule has 0 fully saturated rings. The van der Waals surface area contributed by atoms with E-state index in [1.807, 2.05) is 48.5 Å². The van der Waals surface area contributed by atoms with Crippen molar-refractivity contribution in [1.82, 2.24) is 0 Å². The lowest BCUT2D eigenvalue weighted by Gasteiger charge is -2.05. The van der Waals surface area contributed by atoms with E-state index in [-0.39, 0.29) is 0 Å². The van der Waals surface area contributed by atoms with Gasteiger partial charge in [0.15, 0.2) is 0 Å². The molecular weight excluding hydrogens is 315 g/mol.